The van der Waals surface area contributed by atoms with E-state index in [-0.39, 0.29) is 29.8 Å². The molecule has 8 nitrogen and oxygen atoms in total. The van der Waals surface area contributed by atoms with Crippen molar-refractivity contribution in [3.63, 3.8) is 0 Å². The van der Waals surface area contributed by atoms with Crippen LogP contribution in [0.1, 0.15) is 20.8 Å². The summed E-state index contributed by atoms with van der Waals surface area (Å²) in [4.78, 5) is 23.3. The van der Waals surface area contributed by atoms with Crippen LogP contribution in [-0.2, 0) is 9.53 Å². The van der Waals surface area contributed by atoms with E-state index in [1.807, 2.05) is 13.8 Å². The number of nitrogens with zero attached hydrogens (tertiary/aromatic N) is 3. The van der Waals surface area contributed by atoms with Crippen LogP contribution < -0.4 is 16.0 Å². The molecule has 1 aromatic rings. The molecule has 0 radical (unpaired) electrons. The van der Waals surface area contributed by atoms with Crippen molar-refractivity contribution in [2.45, 2.75) is 32.0 Å². The maximum Gasteiger partial charge on any atom is 0.322 e. The Morgan fingerprint density at radius 1 is 1.42 bits per heavy atom. The van der Waals surface area contributed by atoms with Gasteiger partial charge in [0.25, 0.3) is 0 Å². The normalized spacial score (nSPS) is 10.4. The molecule has 0 aromatic carbocycles. The fourth-order valence-electron chi connectivity index (χ4n) is 1.06. The van der Waals surface area contributed by atoms with Crippen molar-refractivity contribution in [1.82, 2.24) is 15.0 Å². The Morgan fingerprint density at radius 3 is 2.74 bits per heavy atom. The molecule has 0 aliphatic rings. The SMILES string of the molecule is CCOC(=O)CSc1nc(NN)nc(OC(C)C)n1. The summed E-state index contributed by atoms with van der Waals surface area (Å²) < 4.78 is 10.2. The van der Waals surface area contributed by atoms with E-state index in [0.29, 0.717) is 11.8 Å². The fraction of sp³-hybridized carbons (Fsp3) is 0.600. The maximum absolute atomic E-state index is 11.2. The quantitative estimate of drug-likeness (QED) is 0.322. The first-order valence-corrected chi connectivity index (χ1v) is 6.71. The zero-order chi connectivity index (χ0) is 14.3. The van der Waals surface area contributed by atoms with Gasteiger partial charge in [-0.25, -0.2) is 5.84 Å². The molecule has 0 bridgehead atoms. The van der Waals surface area contributed by atoms with Gasteiger partial charge in [-0.2, -0.15) is 15.0 Å². The molecule has 9 heteroatoms. The van der Waals surface area contributed by atoms with Crippen molar-refractivity contribution in [2.75, 3.05) is 17.8 Å². The molecule has 0 saturated carbocycles. The molecule has 0 spiro atoms. The predicted molar refractivity (Wildman–Crippen MR) is 70.8 cm³/mol. The lowest BCUT2D eigenvalue weighted by molar-refractivity contribution is -0.139. The van der Waals surface area contributed by atoms with Gasteiger partial charge in [0, 0.05) is 0 Å². The van der Waals surface area contributed by atoms with Gasteiger partial charge in [-0.15, -0.1) is 0 Å². The van der Waals surface area contributed by atoms with Crippen molar-refractivity contribution >= 4 is 23.7 Å². The van der Waals surface area contributed by atoms with Crippen LogP contribution in [0.4, 0.5) is 5.95 Å². The number of hydrogen-bond donors (Lipinski definition) is 2. The van der Waals surface area contributed by atoms with E-state index in [2.05, 4.69) is 20.4 Å². The predicted octanol–water partition coefficient (Wildman–Crippen LogP) is 0.600. The van der Waals surface area contributed by atoms with E-state index in [0.717, 1.165) is 11.8 Å². The lowest BCUT2D eigenvalue weighted by Crippen LogP contribution is -2.15. The highest BCUT2D eigenvalue weighted by atomic mass is 32.2. The Hall–Kier alpha value is -1.61. The zero-order valence-electron chi connectivity index (χ0n) is 11.0. The standard InChI is InChI=1S/C10H17N5O3S/c1-4-17-7(16)5-19-10-13-8(15-11)12-9(14-10)18-6(2)3/h6H,4-5,11H2,1-3H3,(H,12,13,14,15). The van der Waals surface area contributed by atoms with Crippen molar-refractivity contribution in [2.24, 2.45) is 5.84 Å². The number of carbonyl (C=O) groups excluding carboxylic acids is 1. The number of thioether (sulfide) groups is 1. The lowest BCUT2D eigenvalue weighted by Gasteiger charge is -2.09. The molecule has 0 aliphatic carbocycles. The number of nitrogens with two attached hydrogens (primary N) is 1. The summed E-state index contributed by atoms with van der Waals surface area (Å²) in [6.07, 6.45) is -0.0732. The minimum atomic E-state index is -0.332. The Kier molecular flexibility index (Phi) is 6.30. The molecule has 1 aromatic heterocycles. The number of esters is 1. The molecule has 0 fully saturated rings. The molecular formula is C10H17N5O3S. The van der Waals surface area contributed by atoms with Crippen LogP contribution in [0, 0.1) is 0 Å². The van der Waals surface area contributed by atoms with Crippen LogP contribution in [0.3, 0.4) is 0 Å². The molecule has 0 unspecified atom stereocenters. The number of hydrogen-bond acceptors (Lipinski definition) is 9. The summed E-state index contributed by atoms with van der Waals surface area (Å²) in [6, 6.07) is 0.157. The van der Waals surface area contributed by atoms with E-state index in [1.54, 1.807) is 6.92 Å². The number of hydrazine groups is 1. The molecular weight excluding hydrogens is 270 g/mol. The summed E-state index contributed by atoms with van der Waals surface area (Å²) in [6.45, 7) is 5.79. The van der Waals surface area contributed by atoms with Crippen LogP contribution in [0.15, 0.2) is 5.16 Å². The Balaban J connectivity index is 2.73. The minimum Gasteiger partial charge on any atom is -0.465 e. The average Bonchev–Trinajstić information content (AvgIpc) is 2.35. The topological polar surface area (TPSA) is 112 Å². The van der Waals surface area contributed by atoms with Crippen LogP contribution in [0.2, 0.25) is 0 Å². The second-order valence-corrected chi connectivity index (χ2v) is 4.57. The molecule has 1 rings (SSSR count). The molecule has 0 aliphatic heterocycles. The number of nitrogen functional groups attached to an aromatic ring is 1. The number of carbonyl (C=O) groups is 1. The molecule has 3 N–H and O–H groups in total. The summed E-state index contributed by atoms with van der Waals surface area (Å²) in [5.41, 5.74) is 2.32. The van der Waals surface area contributed by atoms with Crippen LogP contribution >= 0.6 is 11.8 Å². The second-order valence-electron chi connectivity index (χ2n) is 3.63. The van der Waals surface area contributed by atoms with Gasteiger partial charge in [-0.05, 0) is 20.8 Å². The van der Waals surface area contributed by atoms with Crippen LogP contribution in [0.25, 0.3) is 0 Å². The third kappa shape index (κ3) is 5.71. The number of ether oxygens (including phenoxy) is 2. The maximum atomic E-state index is 11.2. The van der Waals surface area contributed by atoms with Crippen LogP contribution in [0.5, 0.6) is 6.01 Å². The third-order valence-electron chi connectivity index (χ3n) is 1.69. The first-order valence-electron chi connectivity index (χ1n) is 5.73. The molecule has 0 saturated heterocycles. The summed E-state index contributed by atoms with van der Waals surface area (Å²) in [7, 11) is 0. The van der Waals surface area contributed by atoms with E-state index in [9.17, 15) is 4.79 Å². The van der Waals surface area contributed by atoms with Gasteiger partial charge in [0.05, 0.1) is 18.5 Å². The van der Waals surface area contributed by atoms with Gasteiger partial charge in [-0.1, -0.05) is 11.8 Å². The highest BCUT2D eigenvalue weighted by Gasteiger charge is 2.11. The first kappa shape index (κ1) is 15.4. The van der Waals surface area contributed by atoms with Crippen molar-refractivity contribution in [1.29, 1.82) is 0 Å². The van der Waals surface area contributed by atoms with Gasteiger partial charge in [0.1, 0.15) is 0 Å². The molecule has 0 amide bonds. The molecule has 1 heterocycles. The second kappa shape index (κ2) is 7.74. The Morgan fingerprint density at radius 2 is 2.16 bits per heavy atom. The zero-order valence-corrected chi connectivity index (χ0v) is 11.9. The van der Waals surface area contributed by atoms with Gasteiger partial charge in [0.2, 0.25) is 5.95 Å². The van der Waals surface area contributed by atoms with Crippen LogP contribution in [-0.4, -0.2) is 39.4 Å². The van der Waals surface area contributed by atoms with Gasteiger partial charge in [-0.3, -0.25) is 10.2 Å². The summed E-state index contributed by atoms with van der Waals surface area (Å²) in [5.74, 6) is 5.22. The summed E-state index contributed by atoms with van der Waals surface area (Å²) >= 11 is 1.13. The van der Waals surface area contributed by atoms with Crippen molar-refractivity contribution in [3.05, 3.63) is 0 Å². The van der Waals surface area contributed by atoms with Gasteiger partial charge >= 0.3 is 12.0 Å². The van der Waals surface area contributed by atoms with Gasteiger partial charge in [0.15, 0.2) is 5.16 Å². The third-order valence-corrected chi connectivity index (χ3v) is 2.51. The minimum absolute atomic E-state index is 0.0732. The number of anilines is 1. The summed E-state index contributed by atoms with van der Waals surface area (Å²) in [5, 5.41) is 0.339. The number of aromatic nitrogens is 3. The fourth-order valence-corrected chi connectivity index (χ4v) is 1.68. The molecule has 19 heavy (non-hydrogen) atoms. The van der Waals surface area contributed by atoms with E-state index >= 15 is 0 Å². The highest BCUT2D eigenvalue weighted by Crippen LogP contribution is 2.18. The highest BCUT2D eigenvalue weighted by molar-refractivity contribution is 7.99. The van der Waals surface area contributed by atoms with E-state index < -0.39 is 0 Å². The largest absolute Gasteiger partial charge is 0.465 e. The Bertz CT molecular complexity index is 430. The Labute approximate surface area is 115 Å². The van der Waals surface area contributed by atoms with E-state index in [1.165, 1.54) is 0 Å². The van der Waals surface area contributed by atoms with Crippen molar-refractivity contribution < 1.29 is 14.3 Å². The number of nitrogens with one attached hydrogen (secondary N) is 1. The molecule has 106 valence electrons. The monoisotopic (exact) mass is 287 g/mol. The van der Waals surface area contributed by atoms with E-state index in [4.69, 9.17) is 15.3 Å². The first-order chi connectivity index (χ1) is 9.05. The smallest absolute Gasteiger partial charge is 0.322 e. The molecule has 0 atom stereocenters. The average molecular weight is 287 g/mol. The van der Waals surface area contributed by atoms with Gasteiger partial charge < -0.3 is 9.47 Å². The number of rotatable bonds is 7. The van der Waals surface area contributed by atoms with Crippen molar-refractivity contribution in [3.8, 4) is 6.01 Å². The lowest BCUT2D eigenvalue weighted by atomic mass is 10.5.